The molecule has 0 atom stereocenters. The summed E-state index contributed by atoms with van der Waals surface area (Å²) in [6.07, 6.45) is 0. The summed E-state index contributed by atoms with van der Waals surface area (Å²) in [7, 11) is 0. The molecule has 0 fully saturated rings. The number of hydrogen-bond donors (Lipinski definition) is 5. The average Bonchev–Trinajstić information content (AvgIpc) is 2.34. The molecule has 0 saturated heterocycles. The molecule has 1 aromatic rings. The Bertz CT molecular complexity index is 357. The van der Waals surface area contributed by atoms with Crippen LogP contribution in [0.15, 0.2) is 0 Å². The second-order valence-electron chi connectivity index (χ2n) is 3.94. The van der Waals surface area contributed by atoms with Crippen molar-refractivity contribution in [1.82, 2.24) is 15.0 Å². The van der Waals surface area contributed by atoms with E-state index in [0.717, 1.165) is 0 Å². The molecule has 0 aromatic carbocycles. The van der Waals surface area contributed by atoms with Gasteiger partial charge in [0.2, 0.25) is 11.9 Å². The molecule has 0 aliphatic rings. The maximum absolute atomic E-state index is 9.08. The Balaban J connectivity index is 2.55. The average molecular weight is 259 g/mol. The van der Waals surface area contributed by atoms with E-state index in [2.05, 4.69) is 15.0 Å². The summed E-state index contributed by atoms with van der Waals surface area (Å²) >= 11 is 0. The van der Waals surface area contributed by atoms with Crippen molar-refractivity contribution in [1.29, 1.82) is 0 Å². The molecular formula is C9H17N5O4. The van der Waals surface area contributed by atoms with Gasteiger partial charge >= 0.3 is 0 Å². The fraction of sp³-hybridized carbons (Fsp3) is 0.667. The van der Waals surface area contributed by atoms with Crippen LogP contribution in [0.1, 0.15) is 5.82 Å². The Morgan fingerprint density at radius 2 is 1.44 bits per heavy atom. The molecule has 18 heavy (non-hydrogen) atoms. The van der Waals surface area contributed by atoms with Gasteiger partial charge in [-0.2, -0.15) is 15.0 Å². The number of rotatable bonds is 7. The SMILES string of the molecule is Nc1nc(N)nc(COCC(CO)(CO)CO)n1. The van der Waals surface area contributed by atoms with Gasteiger partial charge in [0.05, 0.1) is 31.8 Å². The first kappa shape index (κ1) is 14.5. The Morgan fingerprint density at radius 1 is 0.944 bits per heavy atom. The van der Waals surface area contributed by atoms with E-state index in [1.54, 1.807) is 0 Å². The Morgan fingerprint density at radius 3 is 1.89 bits per heavy atom. The minimum absolute atomic E-state index is 0.0150. The summed E-state index contributed by atoms with van der Waals surface area (Å²) in [6.45, 7) is -1.27. The van der Waals surface area contributed by atoms with Crippen LogP contribution in [0.5, 0.6) is 0 Å². The highest BCUT2D eigenvalue weighted by atomic mass is 16.5. The van der Waals surface area contributed by atoms with Gasteiger partial charge in [-0.25, -0.2) is 0 Å². The van der Waals surface area contributed by atoms with Crippen LogP contribution in [0.2, 0.25) is 0 Å². The smallest absolute Gasteiger partial charge is 0.225 e. The number of aliphatic hydroxyl groups is 3. The molecule has 7 N–H and O–H groups in total. The molecular weight excluding hydrogens is 242 g/mol. The molecule has 9 nitrogen and oxygen atoms in total. The molecule has 1 heterocycles. The molecule has 1 rings (SSSR count). The van der Waals surface area contributed by atoms with E-state index in [0.29, 0.717) is 0 Å². The van der Waals surface area contributed by atoms with Crippen LogP contribution in [-0.4, -0.2) is 56.7 Å². The normalized spacial score (nSPS) is 11.7. The first-order chi connectivity index (χ1) is 8.55. The lowest BCUT2D eigenvalue weighted by atomic mass is 9.93. The summed E-state index contributed by atoms with van der Waals surface area (Å²) in [6, 6.07) is 0. The highest BCUT2D eigenvalue weighted by Crippen LogP contribution is 2.15. The van der Waals surface area contributed by atoms with E-state index >= 15 is 0 Å². The highest BCUT2D eigenvalue weighted by Gasteiger charge is 2.28. The van der Waals surface area contributed by atoms with E-state index in [1.165, 1.54) is 0 Å². The standard InChI is InChI=1S/C9H17N5O4/c10-7-12-6(13-8(11)14-7)1-18-5-9(2-15,3-16)4-17/h15-17H,1-5H2,(H4,10,11,12,13,14). The number of aromatic nitrogens is 3. The fourth-order valence-electron chi connectivity index (χ4n) is 1.17. The van der Waals surface area contributed by atoms with E-state index in [-0.39, 0.29) is 30.9 Å². The number of nitrogens with zero attached hydrogens (tertiary/aromatic N) is 3. The van der Waals surface area contributed by atoms with Crippen molar-refractivity contribution < 1.29 is 20.1 Å². The molecule has 0 unspecified atom stereocenters. The Kier molecular flexibility index (Phi) is 5.16. The second kappa shape index (κ2) is 6.40. The summed E-state index contributed by atoms with van der Waals surface area (Å²) in [5, 5.41) is 27.2. The zero-order chi connectivity index (χ0) is 13.6. The minimum atomic E-state index is -1.09. The summed E-state index contributed by atoms with van der Waals surface area (Å²) in [4.78, 5) is 11.2. The Labute approximate surface area is 103 Å². The van der Waals surface area contributed by atoms with Crippen molar-refractivity contribution in [2.45, 2.75) is 6.61 Å². The quantitative estimate of drug-likeness (QED) is 0.357. The molecule has 0 aliphatic carbocycles. The minimum Gasteiger partial charge on any atom is -0.396 e. The van der Waals surface area contributed by atoms with E-state index < -0.39 is 25.2 Å². The van der Waals surface area contributed by atoms with Crippen molar-refractivity contribution >= 4 is 11.9 Å². The van der Waals surface area contributed by atoms with Gasteiger partial charge in [-0.1, -0.05) is 0 Å². The van der Waals surface area contributed by atoms with Crippen LogP contribution in [-0.2, 0) is 11.3 Å². The number of hydrogen-bond acceptors (Lipinski definition) is 9. The molecule has 1 aromatic heterocycles. The lowest BCUT2D eigenvalue weighted by Crippen LogP contribution is -2.38. The zero-order valence-electron chi connectivity index (χ0n) is 9.78. The van der Waals surface area contributed by atoms with Gasteiger partial charge in [-0.3, -0.25) is 0 Å². The predicted molar refractivity (Wildman–Crippen MR) is 62.0 cm³/mol. The van der Waals surface area contributed by atoms with Gasteiger partial charge in [0.25, 0.3) is 0 Å². The summed E-state index contributed by atoms with van der Waals surface area (Å²) < 4.78 is 5.22. The number of aliphatic hydroxyl groups excluding tert-OH is 3. The third-order valence-corrected chi connectivity index (χ3v) is 2.36. The van der Waals surface area contributed by atoms with Crippen molar-refractivity contribution in [3.63, 3.8) is 0 Å². The monoisotopic (exact) mass is 259 g/mol. The lowest BCUT2D eigenvalue weighted by molar-refractivity contribution is -0.0631. The molecule has 0 amide bonds. The van der Waals surface area contributed by atoms with E-state index in [1.807, 2.05) is 0 Å². The van der Waals surface area contributed by atoms with Gasteiger partial charge < -0.3 is 31.5 Å². The fourth-order valence-corrected chi connectivity index (χ4v) is 1.17. The van der Waals surface area contributed by atoms with Crippen LogP contribution in [0, 0.1) is 5.41 Å². The highest BCUT2D eigenvalue weighted by molar-refractivity contribution is 5.25. The number of anilines is 2. The topological polar surface area (TPSA) is 161 Å². The van der Waals surface area contributed by atoms with Crippen molar-refractivity contribution in [3.05, 3.63) is 5.82 Å². The van der Waals surface area contributed by atoms with Gasteiger partial charge in [0, 0.05) is 0 Å². The van der Waals surface area contributed by atoms with Crippen molar-refractivity contribution in [3.8, 4) is 0 Å². The first-order valence-electron chi connectivity index (χ1n) is 5.21. The molecule has 0 saturated carbocycles. The van der Waals surface area contributed by atoms with Crippen molar-refractivity contribution in [2.24, 2.45) is 5.41 Å². The molecule has 0 bridgehead atoms. The van der Waals surface area contributed by atoms with Crippen LogP contribution in [0.3, 0.4) is 0 Å². The lowest BCUT2D eigenvalue weighted by Gasteiger charge is -2.26. The largest absolute Gasteiger partial charge is 0.396 e. The molecule has 0 radical (unpaired) electrons. The van der Waals surface area contributed by atoms with Gasteiger partial charge in [0.1, 0.15) is 6.61 Å². The van der Waals surface area contributed by atoms with Crippen LogP contribution >= 0.6 is 0 Å². The van der Waals surface area contributed by atoms with Gasteiger partial charge in [0.15, 0.2) is 5.82 Å². The summed E-state index contributed by atoms with van der Waals surface area (Å²) in [5.74, 6) is 0.209. The third-order valence-electron chi connectivity index (χ3n) is 2.36. The van der Waals surface area contributed by atoms with E-state index in [4.69, 9.17) is 31.5 Å². The van der Waals surface area contributed by atoms with Gasteiger partial charge in [-0.15, -0.1) is 0 Å². The molecule has 102 valence electrons. The van der Waals surface area contributed by atoms with E-state index in [9.17, 15) is 0 Å². The zero-order valence-corrected chi connectivity index (χ0v) is 9.78. The maximum Gasteiger partial charge on any atom is 0.225 e. The number of ether oxygens (including phenoxy) is 1. The maximum atomic E-state index is 9.08. The van der Waals surface area contributed by atoms with Crippen LogP contribution < -0.4 is 11.5 Å². The van der Waals surface area contributed by atoms with Crippen LogP contribution in [0.4, 0.5) is 11.9 Å². The Hall–Kier alpha value is -1.55. The summed E-state index contributed by atoms with van der Waals surface area (Å²) in [5.41, 5.74) is 9.66. The number of nitrogens with two attached hydrogens (primary N) is 2. The predicted octanol–water partition coefficient (Wildman–Crippen LogP) is -2.48. The van der Waals surface area contributed by atoms with Gasteiger partial charge in [-0.05, 0) is 0 Å². The third kappa shape index (κ3) is 3.74. The first-order valence-corrected chi connectivity index (χ1v) is 5.21. The molecule has 9 heteroatoms. The van der Waals surface area contributed by atoms with Crippen molar-refractivity contribution in [2.75, 3.05) is 37.9 Å². The molecule has 0 spiro atoms. The molecule has 0 aliphatic heterocycles. The van der Waals surface area contributed by atoms with Crippen LogP contribution in [0.25, 0.3) is 0 Å². The number of nitrogen functional groups attached to an aromatic ring is 2. The second-order valence-corrected chi connectivity index (χ2v) is 3.94.